The molecule has 0 aliphatic heterocycles. The molecule has 1 heterocycles. The molecule has 21 heavy (non-hydrogen) atoms. The van der Waals surface area contributed by atoms with Gasteiger partial charge >= 0.3 is 5.97 Å². The zero-order chi connectivity index (χ0) is 15.9. The van der Waals surface area contributed by atoms with Gasteiger partial charge in [0.2, 0.25) is 11.8 Å². The Morgan fingerprint density at radius 1 is 1.38 bits per heavy atom. The predicted octanol–water partition coefficient (Wildman–Crippen LogP) is 1.69. The maximum absolute atomic E-state index is 12.0. The second-order valence-corrected chi connectivity index (χ2v) is 5.23. The highest BCUT2D eigenvalue weighted by molar-refractivity contribution is 5.85. The van der Waals surface area contributed by atoms with E-state index < -0.39 is 5.41 Å². The minimum atomic E-state index is -0.848. The van der Waals surface area contributed by atoms with Gasteiger partial charge in [0.1, 0.15) is 0 Å². The number of amides is 1. The van der Waals surface area contributed by atoms with Gasteiger partial charge in [0, 0.05) is 24.7 Å². The Morgan fingerprint density at radius 2 is 2.10 bits per heavy atom. The molecular formula is C15H22N2O4. The molecule has 6 nitrogen and oxygen atoms in total. The summed E-state index contributed by atoms with van der Waals surface area (Å²) in [5.41, 5.74) is -0.0682. The van der Waals surface area contributed by atoms with Crippen LogP contribution in [0.15, 0.2) is 18.3 Å². The average Bonchev–Trinajstić information content (AvgIpc) is 2.45. The zero-order valence-electron chi connectivity index (χ0n) is 12.9. The predicted molar refractivity (Wildman–Crippen MR) is 77.7 cm³/mol. The van der Waals surface area contributed by atoms with Crippen LogP contribution in [-0.4, -0.2) is 30.6 Å². The van der Waals surface area contributed by atoms with E-state index in [0.717, 1.165) is 5.56 Å². The van der Waals surface area contributed by atoms with E-state index in [-0.39, 0.29) is 18.3 Å². The SMILES string of the molecule is CCOC(=O)C(C)(C)CC(=O)NCc1cccnc1OC. The van der Waals surface area contributed by atoms with Crippen LogP contribution in [-0.2, 0) is 20.9 Å². The number of nitrogens with zero attached hydrogens (tertiary/aromatic N) is 1. The Morgan fingerprint density at radius 3 is 2.71 bits per heavy atom. The van der Waals surface area contributed by atoms with Gasteiger partial charge in [-0.1, -0.05) is 6.07 Å². The van der Waals surface area contributed by atoms with Gasteiger partial charge in [0.05, 0.1) is 19.1 Å². The Labute approximate surface area is 124 Å². The summed E-state index contributed by atoms with van der Waals surface area (Å²) in [4.78, 5) is 27.8. The topological polar surface area (TPSA) is 77.5 Å². The summed E-state index contributed by atoms with van der Waals surface area (Å²) >= 11 is 0. The van der Waals surface area contributed by atoms with E-state index in [1.807, 2.05) is 6.07 Å². The Balaban J connectivity index is 2.56. The Hall–Kier alpha value is -2.11. The molecule has 0 saturated carbocycles. The zero-order valence-corrected chi connectivity index (χ0v) is 12.9. The monoisotopic (exact) mass is 294 g/mol. The third-order valence-electron chi connectivity index (χ3n) is 2.95. The van der Waals surface area contributed by atoms with Crippen LogP contribution in [0.4, 0.5) is 0 Å². The number of pyridine rings is 1. The van der Waals surface area contributed by atoms with Crippen molar-refractivity contribution in [1.29, 1.82) is 0 Å². The molecule has 0 aromatic carbocycles. The number of hydrogen-bond donors (Lipinski definition) is 1. The van der Waals surface area contributed by atoms with Crippen LogP contribution in [0.2, 0.25) is 0 Å². The maximum atomic E-state index is 12.0. The Kier molecular flexibility index (Phi) is 6.14. The highest BCUT2D eigenvalue weighted by atomic mass is 16.5. The van der Waals surface area contributed by atoms with Gasteiger partial charge in [-0.15, -0.1) is 0 Å². The molecule has 0 spiro atoms. The van der Waals surface area contributed by atoms with Crippen molar-refractivity contribution in [2.24, 2.45) is 5.41 Å². The molecule has 6 heteroatoms. The smallest absolute Gasteiger partial charge is 0.312 e. The van der Waals surface area contributed by atoms with Crippen molar-refractivity contribution in [3.05, 3.63) is 23.9 Å². The normalized spacial score (nSPS) is 10.9. The largest absolute Gasteiger partial charge is 0.481 e. The van der Waals surface area contributed by atoms with Gasteiger partial charge in [-0.3, -0.25) is 9.59 Å². The minimum Gasteiger partial charge on any atom is -0.481 e. The van der Waals surface area contributed by atoms with Crippen LogP contribution in [0.1, 0.15) is 32.8 Å². The Bertz CT molecular complexity index is 500. The molecule has 0 saturated heterocycles. The number of methoxy groups -OCH3 is 1. The number of rotatable bonds is 7. The van der Waals surface area contributed by atoms with Crippen molar-refractivity contribution in [3.63, 3.8) is 0 Å². The van der Waals surface area contributed by atoms with Gasteiger partial charge in [-0.05, 0) is 26.8 Å². The van der Waals surface area contributed by atoms with E-state index in [1.165, 1.54) is 7.11 Å². The lowest BCUT2D eigenvalue weighted by Crippen LogP contribution is -2.34. The first-order chi connectivity index (χ1) is 9.90. The van der Waals surface area contributed by atoms with E-state index in [4.69, 9.17) is 9.47 Å². The molecule has 0 aliphatic rings. The molecule has 0 unspecified atom stereocenters. The first-order valence-corrected chi connectivity index (χ1v) is 6.82. The van der Waals surface area contributed by atoms with Gasteiger partial charge < -0.3 is 14.8 Å². The number of aromatic nitrogens is 1. The number of nitrogens with one attached hydrogen (secondary N) is 1. The fourth-order valence-corrected chi connectivity index (χ4v) is 1.80. The molecule has 0 atom stereocenters. The summed E-state index contributed by atoms with van der Waals surface area (Å²) in [5, 5.41) is 2.76. The van der Waals surface area contributed by atoms with Crippen molar-refractivity contribution in [1.82, 2.24) is 10.3 Å². The van der Waals surface area contributed by atoms with Crippen LogP contribution in [0.3, 0.4) is 0 Å². The van der Waals surface area contributed by atoms with Crippen molar-refractivity contribution in [3.8, 4) is 5.88 Å². The summed E-state index contributed by atoms with van der Waals surface area (Å²) in [6.45, 7) is 5.72. The fourth-order valence-electron chi connectivity index (χ4n) is 1.80. The first kappa shape index (κ1) is 16.9. The molecule has 0 aliphatic carbocycles. The average molecular weight is 294 g/mol. The molecule has 0 bridgehead atoms. The lowest BCUT2D eigenvalue weighted by atomic mass is 9.89. The third-order valence-corrected chi connectivity index (χ3v) is 2.95. The third kappa shape index (κ3) is 5.06. The van der Waals surface area contributed by atoms with Crippen LogP contribution in [0.25, 0.3) is 0 Å². The summed E-state index contributed by atoms with van der Waals surface area (Å²) in [5.74, 6) is -0.125. The van der Waals surface area contributed by atoms with Gasteiger partial charge in [0.15, 0.2) is 0 Å². The maximum Gasteiger partial charge on any atom is 0.312 e. The van der Waals surface area contributed by atoms with Crippen molar-refractivity contribution in [2.45, 2.75) is 33.7 Å². The standard InChI is InChI=1S/C15H22N2O4/c1-5-21-14(19)15(2,3)9-12(18)17-10-11-7-6-8-16-13(11)20-4/h6-8H,5,9-10H2,1-4H3,(H,17,18). The molecule has 0 fully saturated rings. The fraction of sp³-hybridized carbons (Fsp3) is 0.533. The van der Waals surface area contributed by atoms with Crippen molar-refractivity contribution < 1.29 is 19.1 Å². The summed E-state index contributed by atoms with van der Waals surface area (Å²) < 4.78 is 10.1. The lowest BCUT2D eigenvalue weighted by Gasteiger charge is -2.21. The number of carbonyl (C=O) groups is 2. The number of carbonyl (C=O) groups excluding carboxylic acids is 2. The molecular weight excluding hydrogens is 272 g/mol. The van der Waals surface area contributed by atoms with Gasteiger partial charge in [-0.2, -0.15) is 0 Å². The van der Waals surface area contributed by atoms with Crippen LogP contribution in [0, 0.1) is 5.41 Å². The summed E-state index contributed by atoms with van der Waals surface area (Å²) in [6.07, 6.45) is 1.68. The summed E-state index contributed by atoms with van der Waals surface area (Å²) in [6, 6.07) is 3.59. The first-order valence-electron chi connectivity index (χ1n) is 6.82. The highest BCUT2D eigenvalue weighted by Crippen LogP contribution is 2.22. The molecule has 1 aromatic rings. The second-order valence-electron chi connectivity index (χ2n) is 5.23. The minimum absolute atomic E-state index is 0.0639. The number of esters is 1. The van der Waals surface area contributed by atoms with E-state index in [1.54, 1.807) is 33.0 Å². The van der Waals surface area contributed by atoms with Gasteiger partial charge in [-0.25, -0.2) is 4.98 Å². The van der Waals surface area contributed by atoms with Crippen molar-refractivity contribution in [2.75, 3.05) is 13.7 Å². The van der Waals surface area contributed by atoms with Crippen LogP contribution >= 0.6 is 0 Å². The molecule has 1 rings (SSSR count). The number of hydrogen-bond acceptors (Lipinski definition) is 5. The molecule has 1 aromatic heterocycles. The van der Waals surface area contributed by atoms with E-state index in [2.05, 4.69) is 10.3 Å². The second kappa shape index (κ2) is 7.61. The van der Waals surface area contributed by atoms with E-state index in [9.17, 15) is 9.59 Å². The lowest BCUT2D eigenvalue weighted by molar-refractivity contribution is -0.155. The van der Waals surface area contributed by atoms with E-state index >= 15 is 0 Å². The van der Waals surface area contributed by atoms with Crippen molar-refractivity contribution >= 4 is 11.9 Å². The molecule has 0 radical (unpaired) electrons. The molecule has 1 N–H and O–H groups in total. The van der Waals surface area contributed by atoms with Gasteiger partial charge in [0.25, 0.3) is 0 Å². The van der Waals surface area contributed by atoms with E-state index in [0.29, 0.717) is 19.0 Å². The highest BCUT2D eigenvalue weighted by Gasteiger charge is 2.31. The molecule has 1 amide bonds. The molecule has 116 valence electrons. The quantitative estimate of drug-likeness (QED) is 0.774. The van der Waals surface area contributed by atoms with Crippen LogP contribution < -0.4 is 10.1 Å². The summed E-state index contributed by atoms with van der Waals surface area (Å²) in [7, 11) is 1.53. The number of ether oxygens (including phenoxy) is 2. The van der Waals surface area contributed by atoms with Crippen LogP contribution in [0.5, 0.6) is 5.88 Å².